The second kappa shape index (κ2) is 5.18. The zero-order valence-electron chi connectivity index (χ0n) is 10.9. The van der Waals surface area contributed by atoms with Crippen LogP contribution in [0, 0.1) is 17.0 Å². The average molecular weight is 266 g/mol. The first-order valence-corrected chi connectivity index (χ1v) is 7.07. The summed E-state index contributed by atoms with van der Waals surface area (Å²) in [6.07, 6.45) is 0. The van der Waals surface area contributed by atoms with E-state index in [4.69, 9.17) is 0 Å². The molecule has 1 heterocycles. The van der Waals surface area contributed by atoms with Gasteiger partial charge in [0, 0.05) is 29.7 Å². The molecule has 1 aliphatic rings. The minimum atomic E-state index is -0.278. The van der Waals surface area contributed by atoms with Crippen LogP contribution in [-0.4, -0.2) is 28.5 Å². The van der Waals surface area contributed by atoms with Crippen molar-refractivity contribution < 1.29 is 4.92 Å². The van der Waals surface area contributed by atoms with E-state index in [1.165, 1.54) is 0 Å². The number of nitrogens with zero attached hydrogens (tertiary/aromatic N) is 2. The summed E-state index contributed by atoms with van der Waals surface area (Å²) in [5.74, 6) is 0. The molecular weight excluding hydrogens is 248 g/mol. The zero-order valence-corrected chi connectivity index (χ0v) is 11.7. The molecular formula is C13H18N2O2S. The van der Waals surface area contributed by atoms with E-state index >= 15 is 0 Å². The van der Waals surface area contributed by atoms with Crippen LogP contribution in [0.25, 0.3) is 0 Å². The van der Waals surface area contributed by atoms with Gasteiger partial charge < -0.3 is 4.90 Å². The average Bonchev–Trinajstić information content (AvgIpc) is 2.27. The molecule has 2 unspecified atom stereocenters. The molecule has 0 saturated carbocycles. The number of nitro groups is 1. The summed E-state index contributed by atoms with van der Waals surface area (Å²) in [6, 6.07) is 5.48. The molecule has 1 saturated heterocycles. The molecule has 0 amide bonds. The summed E-state index contributed by atoms with van der Waals surface area (Å²) in [7, 11) is 0. The maximum absolute atomic E-state index is 11.2. The van der Waals surface area contributed by atoms with Crippen LogP contribution in [0.15, 0.2) is 18.2 Å². The smallest absolute Gasteiger partial charge is 0.292 e. The summed E-state index contributed by atoms with van der Waals surface area (Å²) in [4.78, 5) is 13.0. The highest BCUT2D eigenvalue weighted by Crippen LogP contribution is 2.34. The summed E-state index contributed by atoms with van der Waals surface area (Å²) >= 11 is 1.95. The molecule has 0 radical (unpaired) electrons. The first-order valence-electron chi connectivity index (χ1n) is 6.13. The third kappa shape index (κ3) is 2.77. The second-order valence-electron chi connectivity index (χ2n) is 4.91. The predicted molar refractivity (Wildman–Crippen MR) is 76.6 cm³/mol. The predicted octanol–water partition coefficient (Wildman–Crippen LogP) is 3.23. The van der Waals surface area contributed by atoms with Crippen LogP contribution in [0.5, 0.6) is 0 Å². The van der Waals surface area contributed by atoms with Crippen LogP contribution < -0.4 is 4.90 Å². The summed E-state index contributed by atoms with van der Waals surface area (Å²) in [5, 5.41) is 12.2. The third-order valence-electron chi connectivity index (χ3n) is 3.09. The minimum Gasteiger partial charge on any atom is -0.364 e. The Balaban J connectivity index is 2.35. The fourth-order valence-electron chi connectivity index (χ4n) is 2.42. The van der Waals surface area contributed by atoms with Crippen molar-refractivity contribution in [3.8, 4) is 0 Å². The van der Waals surface area contributed by atoms with Gasteiger partial charge in [0.1, 0.15) is 5.69 Å². The van der Waals surface area contributed by atoms with Gasteiger partial charge in [-0.3, -0.25) is 10.1 Å². The maximum Gasteiger partial charge on any atom is 0.292 e. The van der Waals surface area contributed by atoms with E-state index in [1.54, 1.807) is 6.07 Å². The van der Waals surface area contributed by atoms with Crippen LogP contribution in [-0.2, 0) is 0 Å². The van der Waals surface area contributed by atoms with Crippen molar-refractivity contribution in [2.24, 2.45) is 0 Å². The van der Waals surface area contributed by atoms with Gasteiger partial charge in [-0.05, 0) is 18.6 Å². The Hall–Kier alpha value is -1.23. The molecule has 18 heavy (non-hydrogen) atoms. The van der Waals surface area contributed by atoms with E-state index < -0.39 is 0 Å². The van der Waals surface area contributed by atoms with Crippen molar-refractivity contribution in [3.05, 3.63) is 33.9 Å². The Morgan fingerprint density at radius 3 is 2.50 bits per heavy atom. The Labute approximate surface area is 112 Å². The van der Waals surface area contributed by atoms with Crippen molar-refractivity contribution in [1.29, 1.82) is 0 Å². The Morgan fingerprint density at radius 1 is 1.33 bits per heavy atom. The monoisotopic (exact) mass is 266 g/mol. The first kappa shape index (κ1) is 13.2. The van der Waals surface area contributed by atoms with E-state index in [1.807, 2.05) is 30.8 Å². The van der Waals surface area contributed by atoms with Gasteiger partial charge in [0.25, 0.3) is 5.69 Å². The molecule has 2 rings (SSSR count). The van der Waals surface area contributed by atoms with E-state index in [2.05, 4.69) is 18.7 Å². The lowest BCUT2D eigenvalue weighted by atomic mass is 10.1. The molecule has 1 aliphatic heterocycles. The number of anilines is 1. The van der Waals surface area contributed by atoms with Crippen molar-refractivity contribution in [1.82, 2.24) is 0 Å². The van der Waals surface area contributed by atoms with Crippen LogP contribution in [0.4, 0.5) is 11.4 Å². The van der Waals surface area contributed by atoms with Gasteiger partial charge >= 0.3 is 0 Å². The topological polar surface area (TPSA) is 46.4 Å². The molecule has 2 atom stereocenters. The fraction of sp³-hybridized carbons (Fsp3) is 0.538. The summed E-state index contributed by atoms with van der Waals surface area (Å²) < 4.78 is 0. The van der Waals surface area contributed by atoms with Gasteiger partial charge in [0.05, 0.1) is 4.92 Å². The fourth-order valence-corrected chi connectivity index (χ4v) is 3.75. The number of aryl methyl sites for hydroxylation is 1. The summed E-state index contributed by atoms with van der Waals surface area (Å²) in [5.41, 5.74) is 1.91. The lowest BCUT2D eigenvalue weighted by Gasteiger charge is -2.35. The molecule has 1 aromatic carbocycles. The molecule has 0 N–H and O–H groups in total. The number of thioether (sulfide) groups is 1. The summed E-state index contributed by atoms with van der Waals surface area (Å²) in [6.45, 7) is 7.98. The van der Waals surface area contributed by atoms with E-state index in [9.17, 15) is 10.1 Å². The second-order valence-corrected chi connectivity index (χ2v) is 6.79. The normalized spacial score (nSPS) is 24.1. The Kier molecular flexibility index (Phi) is 3.80. The van der Waals surface area contributed by atoms with Crippen molar-refractivity contribution in [2.75, 3.05) is 18.0 Å². The van der Waals surface area contributed by atoms with Gasteiger partial charge in [0.15, 0.2) is 0 Å². The molecule has 0 spiro atoms. The number of hydrogen-bond acceptors (Lipinski definition) is 4. The van der Waals surface area contributed by atoms with E-state index in [0.29, 0.717) is 10.5 Å². The maximum atomic E-state index is 11.2. The lowest BCUT2D eigenvalue weighted by Crippen LogP contribution is -2.40. The molecule has 4 nitrogen and oxygen atoms in total. The Morgan fingerprint density at radius 2 is 1.94 bits per heavy atom. The van der Waals surface area contributed by atoms with Crippen molar-refractivity contribution >= 4 is 23.1 Å². The molecule has 5 heteroatoms. The molecule has 98 valence electrons. The van der Waals surface area contributed by atoms with E-state index in [-0.39, 0.29) is 10.6 Å². The van der Waals surface area contributed by atoms with Crippen molar-refractivity contribution in [3.63, 3.8) is 0 Å². The van der Waals surface area contributed by atoms with Crippen LogP contribution >= 0.6 is 11.8 Å². The minimum absolute atomic E-state index is 0.223. The van der Waals surface area contributed by atoms with Gasteiger partial charge in [-0.15, -0.1) is 0 Å². The van der Waals surface area contributed by atoms with Gasteiger partial charge in [-0.1, -0.05) is 19.9 Å². The first-order chi connectivity index (χ1) is 8.47. The van der Waals surface area contributed by atoms with Gasteiger partial charge in [0.2, 0.25) is 0 Å². The van der Waals surface area contributed by atoms with Gasteiger partial charge in [-0.25, -0.2) is 0 Å². The Bertz CT molecular complexity index is 454. The SMILES string of the molecule is Cc1ccc(N2CC(C)SC(C)C2)c([N+](=O)[O-])c1. The zero-order chi connectivity index (χ0) is 13.3. The standard InChI is InChI=1S/C13H18N2O2S/c1-9-4-5-12(13(6-9)15(16)17)14-7-10(2)18-11(3)8-14/h4-6,10-11H,7-8H2,1-3H3. The van der Waals surface area contributed by atoms with Gasteiger partial charge in [-0.2, -0.15) is 11.8 Å². The lowest BCUT2D eigenvalue weighted by molar-refractivity contribution is -0.384. The molecule has 0 bridgehead atoms. The number of benzene rings is 1. The highest BCUT2D eigenvalue weighted by Gasteiger charge is 2.27. The van der Waals surface area contributed by atoms with Crippen LogP contribution in [0.1, 0.15) is 19.4 Å². The molecule has 1 aromatic rings. The molecule has 0 aliphatic carbocycles. The van der Waals surface area contributed by atoms with Crippen LogP contribution in [0.3, 0.4) is 0 Å². The highest BCUT2D eigenvalue weighted by molar-refractivity contribution is 8.00. The highest BCUT2D eigenvalue weighted by atomic mass is 32.2. The number of hydrogen-bond donors (Lipinski definition) is 0. The molecule has 0 aromatic heterocycles. The number of nitro benzene ring substituents is 1. The largest absolute Gasteiger partial charge is 0.364 e. The van der Waals surface area contributed by atoms with Crippen LogP contribution in [0.2, 0.25) is 0 Å². The third-order valence-corrected chi connectivity index (χ3v) is 4.32. The van der Waals surface area contributed by atoms with Crippen molar-refractivity contribution in [2.45, 2.75) is 31.3 Å². The van der Waals surface area contributed by atoms with E-state index in [0.717, 1.165) is 24.3 Å². The quantitative estimate of drug-likeness (QED) is 0.609. The number of rotatable bonds is 2. The molecule has 1 fully saturated rings.